The number of aryl methyl sites for hydroxylation is 2. The lowest BCUT2D eigenvalue weighted by Crippen LogP contribution is -2.04. The van der Waals surface area contributed by atoms with E-state index in [0.717, 1.165) is 93.6 Å². The van der Waals surface area contributed by atoms with Gasteiger partial charge in [-0.25, -0.2) is 4.85 Å². The van der Waals surface area contributed by atoms with Crippen molar-refractivity contribution in [2.45, 2.75) is 0 Å². The summed E-state index contributed by atoms with van der Waals surface area (Å²) >= 11 is 0. The molecule has 270 valence electrons. The Bertz CT molecular complexity index is 3850. The minimum Gasteiger partial charge on any atom is -0.342 e. The van der Waals surface area contributed by atoms with Crippen LogP contribution in [0.3, 0.4) is 0 Å². The third kappa shape index (κ3) is 4.08. The van der Waals surface area contributed by atoms with Crippen LogP contribution in [0, 0.1) is 17.9 Å². The van der Waals surface area contributed by atoms with Crippen LogP contribution in [0.2, 0.25) is 0 Å². The SMILES string of the molecule is [C-]#[N+]c1c(-n2c3ccccc3c3ccc4c5ccccc5n(C)c4c32)ccc(-c2cccc(C#N)c2)c1-n1c2ccccc2c2ccc3c4ccccc4n(C)c3c21. The van der Waals surface area contributed by atoms with E-state index in [1.165, 1.54) is 16.2 Å². The van der Waals surface area contributed by atoms with Gasteiger partial charge in [0, 0.05) is 68.2 Å². The van der Waals surface area contributed by atoms with E-state index >= 15 is 0 Å². The second-order valence-electron chi connectivity index (χ2n) is 15.2. The molecule has 8 aromatic carbocycles. The minimum atomic E-state index is 0.525. The molecule has 0 aliphatic carbocycles. The Morgan fingerprint density at radius 2 is 0.931 bits per heavy atom. The summed E-state index contributed by atoms with van der Waals surface area (Å²) in [6, 6.07) is 57.5. The highest BCUT2D eigenvalue weighted by Crippen LogP contribution is 2.48. The summed E-state index contributed by atoms with van der Waals surface area (Å²) in [6.07, 6.45) is 0. The van der Waals surface area contributed by atoms with Gasteiger partial charge >= 0.3 is 0 Å². The van der Waals surface area contributed by atoms with Crippen LogP contribution < -0.4 is 0 Å². The summed E-state index contributed by atoms with van der Waals surface area (Å²) in [4.78, 5) is 4.56. The van der Waals surface area contributed by atoms with Crippen LogP contribution in [0.15, 0.2) is 158 Å². The highest BCUT2D eigenvalue weighted by molar-refractivity contribution is 6.25. The molecule has 0 atom stereocenters. The third-order valence-corrected chi connectivity index (χ3v) is 12.4. The Labute approximate surface area is 332 Å². The molecule has 0 N–H and O–H groups in total. The Kier molecular flexibility index (Phi) is 6.51. The Balaban J connectivity index is 1.32. The van der Waals surface area contributed by atoms with Gasteiger partial charge in [-0.1, -0.05) is 115 Å². The molecule has 0 spiro atoms. The molecule has 0 bridgehead atoms. The summed E-state index contributed by atoms with van der Waals surface area (Å²) in [6.45, 7) is 9.22. The van der Waals surface area contributed by atoms with E-state index in [9.17, 15) is 11.8 Å². The van der Waals surface area contributed by atoms with Crippen molar-refractivity contribution in [2.75, 3.05) is 0 Å². The lowest BCUT2D eigenvalue weighted by molar-refractivity contribution is 1.01. The van der Waals surface area contributed by atoms with Gasteiger partial charge in [0.1, 0.15) is 0 Å². The summed E-state index contributed by atoms with van der Waals surface area (Å²) in [5, 5.41) is 19.3. The van der Waals surface area contributed by atoms with Crippen LogP contribution >= 0.6 is 0 Å². The lowest BCUT2D eigenvalue weighted by atomic mass is 9.99. The van der Waals surface area contributed by atoms with Gasteiger partial charge in [0.15, 0.2) is 0 Å². The van der Waals surface area contributed by atoms with Crippen LogP contribution in [0.4, 0.5) is 5.69 Å². The van der Waals surface area contributed by atoms with E-state index in [-0.39, 0.29) is 0 Å². The molecule has 58 heavy (non-hydrogen) atoms. The van der Waals surface area contributed by atoms with Crippen LogP contribution in [-0.2, 0) is 14.1 Å². The van der Waals surface area contributed by atoms with E-state index in [0.29, 0.717) is 11.3 Å². The molecule has 12 rings (SSSR count). The van der Waals surface area contributed by atoms with Crippen molar-refractivity contribution >= 4 is 92.9 Å². The average molecular weight is 741 g/mol. The molecule has 6 nitrogen and oxygen atoms in total. The van der Waals surface area contributed by atoms with Gasteiger partial charge in [0.2, 0.25) is 5.69 Å². The van der Waals surface area contributed by atoms with E-state index in [2.05, 4.69) is 177 Å². The number of hydrogen-bond acceptors (Lipinski definition) is 1. The van der Waals surface area contributed by atoms with Crippen molar-refractivity contribution in [1.29, 1.82) is 5.26 Å². The average Bonchev–Trinajstić information content (AvgIpc) is 3.98. The molecular weight excluding hydrogens is 709 g/mol. The van der Waals surface area contributed by atoms with Gasteiger partial charge in [0.05, 0.1) is 62.7 Å². The van der Waals surface area contributed by atoms with Gasteiger partial charge in [-0.3, -0.25) is 0 Å². The number of benzene rings is 8. The van der Waals surface area contributed by atoms with Crippen LogP contribution in [0.1, 0.15) is 5.56 Å². The first-order valence-corrected chi connectivity index (χ1v) is 19.4. The maximum Gasteiger partial charge on any atom is 0.234 e. The molecule has 0 amide bonds. The van der Waals surface area contributed by atoms with E-state index < -0.39 is 0 Å². The predicted octanol–water partition coefficient (Wildman–Crippen LogP) is 13.3. The molecule has 0 aliphatic rings. The molecule has 0 radical (unpaired) electrons. The number of para-hydroxylation sites is 4. The Morgan fingerprint density at radius 3 is 1.47 bits per heavy atom. The fourth-order valence-corrected chi connectivity index (χ4v) is 9.98. The van der Waals surface area contributed by atoms with Gasteiger partial charge in [-0.15, -0.1) is 0 Å². The normalized spacial score (nSPS) is 11.9. The van der Waals surface area contributed by atoms with Crippen LogP contribution in [-0.4, -0.2) is 18.3 Å². The number of fused-ring (bicyclic) bond motifs is 14. The third-order valence-electron chi connectivity index (χ3n) is 12.4. The fourth-order valence-electron chi connectivity index (χ4n) is 9.98. The first-order valence-electron chi connectivity index (χ1n) is 19.4. The van der Waals surface area contributed by atoms with Gasteiger partial charge in [-0.05, 0) is 53.6 Å². The van der Waals surface area contributed by atoms with Crippen LogP contribution in [0.25, 0.3) is 115 Å². The standard InChI is InChI=1S/C52H32N6/c1-54-47-46(57-44-21-10-6-17-36(44)40-25-23-38-34-15-4-8-19-42(34)55(2)49(38)51(40)57)28-27-33(32-14-12-13-31(29-32)30-53)48(47)58-45-22-11-7-18-37(45)41-26-24-39-35-16-5-9-20-43(35)56(3)50(39)52(41)58/h4-29H,2-3H3. The lowest BCUT2D eigenvalue weighted by Gasteiger charge is -2.21. The fraction of sp³-hybridized carbons (Fsp3) is 0.0385. The zero-order valence-corrected chi connectivity index (χ0v) is 31.7. The van der Waals surface area contributed by atoms with Crippen molar-refractivity contribution in [3.63, 3.8) is 0 Å². The van der Waals surface area contributed by atoms with Gasteiger partial charge in [0.25, 0.3) is 0 Å². The van der Waals surface area contributed by atoms with Gasteiger partial charge < -0.3 is 18.3 Å². The molecule has 4 heterocycles. The van der Waals surface area contributed by atoms with E-state index in [1.54, 1.807) is 0 Å². The number of nitriles is 1. The van der Waals surface area contributed by atoms with E-state index in [1.807, 2.05) is 24.3 Å². The van der Waals surface area contributed by atoms with Crippen LogP contribution in [0.5, 0.6) is 0 Å². The molecule has 0 aliphatic heterocycles. The second kappa shape index (κ2) is 11.7. The molecule has 0 saturated heterocycles. The monoisotopic (exact) mass is 740 g/mol. The molecule has 6 heteroatoms. The topological polar surface area (TPSA) is 47.9 Å². The molecule has 0 fully saturated rings. The minimum absolute atomic E-state index is 0.525. The summed E-state index contributed by atoms with van der Waals surface area (Å²) in [5.41, 5.74) is 13.1. The van der Waals surface area contributed by atoms with Crippen molar-refractivity contribution < 1.29 is 0 Å². The van der Waals surface area contributed by atoms with Crippen molar-refractivity contribution in [3.8, 4) is 28.6 Å². The quantitative estimate of drug-likeness (QED) is 0.166. The summed E-state index contributed by atoms with van der Waals surface area (Å²) in [7, 11) is 4.29. The van der Waals surface area contributed by atoms with Crippen molar-refractivity contribution in [3.05, 3.63) is 175 Å². The molecule has 12 aromatic rings. The number of nitrogens with zero attached hydrogens (tertiary/aromatic N) is 6. The largest absolute Gasteiger partial charge is 0.342 e. The summed E-state index contributed by atoms with van der Waals surface area (Å²) in [5.74, 6) is 0. The number of aromatic nitrogens is 4. The molecular formula is C52H32N6. The van der Waals surface area contributed by atoms with Gasteiger partial charge in [-0.2, -0.15) is 5.26 Å². The zero-order valence-electron chi connectivity index (χ0n) is 31.7. The maximum absolute atomic E-state index is 10.1. The summed E-state index contributed by atoms with van der Waals surface area (Å²) < 4.78 is 9.24. The van der Waals surface area contributed by atoms with E-state index in [4.69, 9.17) is 0 Å². The Hall–Kier alpha value is -8.06. The highest BCUT2D eigenvalue weighted by Gasteiger charge is 2.27. The maximum atomic E-state index is 10.1. The van der Waals surface area contributed by atoms with Crippen molar-refractivity contribution in [1.82, 2.24) is 18.3 Å². The molecule has 0 unspecified atom stereocenters. The number of hydrogen-bond donors (Lipinski definition) is 0. The van der Waals surface area contributed by atoms with Crippen molar-refractivity contribution in [2.24, 2.45) is 14.1 Å². The first-order chi connectivity index (χ1) is 28.6. The highest BCUT2D eigenvalue weighted by atomic mass is 15.1. The molecule has 4 aromatic heterocycles. The first kappa shape index (κ1) is 32.2. The second-order valence-corrected chi connectivity index (χ2v) is 15.2. The molecule has 0 saturated carbocycles. The Morgan fingerprint density at radius 1 is 0.466 bits per heavy atom. The number of rotatable bonds is 3. The predicted molar refractivity (Wildman–Crippen MR) is 239 cm³/mol. The smallest absolute Gasteiger partial charge is 0.234 e. The zero-order chi connectivity index (χ0) is 38.8.